The topological polar surface area (TPSA) is 84.1 Å². The number of ether oxygens (including phenoxy) is 4. The maximum absolute atomic E-state index is 12.0. The fourth-order valence-corrected chi connectivity index (χ4v) is 4.97. The highest BCUT2D eigenvalue weighted by atomic mass is 16.6. The quantitative estimate of drug-likeness (QED) is 0.436. The Balaban J connectivity index is 0.000000168. The minimum absolute atomic E-state index is 0. The zero-order chi connectivity index (χ0) is 24.7. The fraction of sp³-hybridized carbons (Fsp3) is 0.500. The summed E-state index contributed by atoms with van der Waals surface area (Å²) in [5.74, 6) is 0. The monoisotopic (exact) mass is 505 g/mol. The van der Waals surface area contributed by atoms with Crippen LogP contribution in [0.1, 0.15) is 36.8 Å². The molecule has 2 aromatic rings. The van der Waals surface area contributed by atoms with Gasteiger partial charge in [-0.05, 0) is 36.8 Å². The molecule has 0 aromatic heterocycles. The van der Waals surface area contributed by atoms with Gasteiger partial charge in [0.1, 0.15) is 25.4 Å². The van der Waals surface area contributed by atoms with Crippen LogP contribution in [0.4, 0.5) is 9.59 Å². The smallest absolute Gasteiger partial charge is 0.410 e. The number of carbonyl (C=O) groups is 2. The number of hydrogen-bond acceptors (Lipinski definition) is 6. The normalized spacial score (nSPS) is 25.4. The number of amides is 2. The van der Waals surface area contributed by atoms with E-state index in [1.165, 1.54) is 0 Å². The van der Waals surface area contributed by atoms with Crippen molar-refractivity contribution in [2.45, 2.75) is 63.2 Å². The van der Waals surface area contributed by atoms with Crippen molar-refractivity contribution in [2.24, 2.45) is 0 Å². The summed E-state index contributed by atoms with van der Waals surface area (Å²) in [5, 5.41) is 0. The molecule has 4 heterocycles. The van der Waals surface area contributed by atoms with Gasteiger partial charge >= 0.3 is 12.2 Å². The molecule has 8 nitrogen and oxygen atoms in total. The van der Waals surface area contributed by atoms with Crippen LogP contribution in [-0.4, -0.2) is 81.0 Å². The van der Waals surface area contributed by atoms with Crippen molar-refractivity contribution >= 4 is 20.6 Å². The summed E-state index contributed by atoms with van der Waals surface area (Å²) in [5.41, 5.74) is 2.04. The largest absolute Gasteiger partial charge is 0.445 e. The predicted octanol–water partition coefficient (Wildman–Crippen LogP) is 3.99. The van der Waals surface area contributed by atoms with Gasteiger partial charge in [0.15, 0.2) is 0 Å². The van der Waals surface area contributed by atoms with Gasteiger partial charge in [-0.15, -0.1) is 0 Å². The lowest BCUT2D eigenvalue weighted by Crippen LogP contribution is -2.39. The summed E-state index contributed by atoms with van der Waals surface area (Å²) >= 11 is 0. The van der Waals surface area contributed by atoms with Gasteiger partial charge in [0, 0.05) is 21.5 Å². The van der Waals surface area contributed by atoms with E-state index in [-0.39, 0.29) is 44.9 Å². The van der Waals surface area contributed by atoms with Gasteiger partial charge in [-0.25, -0.2) is 9.59 Å². The first-order chi connectivity index (χ1) is 17.7. The number of hydrogen-bond donors (Lipinski definition) is 0. The lowest BCUT2D eigenvalue weighted by molar-refractivity contribution is 0.0865. The fourth-order valence-electron chi connectivity index (χ4n) is 4.97. The van der Waals surface area contributed by atoms with E-state index < -0.39 is 0 Å². The zero-order valence-electron chi connectivity index (χ0n) is 21.1. The van der Waals surface area contributed by atoms with E-state index in [2.05, 4.69) is 0 Å². The molecule has 37 heavy (non-hydrogen) atoms. The van der Waals surface area contributed by atoms with Gasteiger partial charge in [0.2, 0.25) is 0 Å². The van der Waals surface area contributed by atoms with Crippen LogP contribution in [0, 0.1) is 0 Å². The lowest BCUT2D eigenvalue weighted by atomic mass is 10.2. The molecular weight excluding hydrogens is 471 g/mol. The van der Waals surface area contributed by atoms with E-state index in [4.69, 9.17) is 18.9 Å². The van der Waals surface area contributed by atoms with Crippen LogP contribution in [-0.2, 0) is 32.2 Å². The summed E-state index contributed by atoms with van der Waals surface area (Å²) in [6.45, 7) is 3.83. The van der Waals surface area contributed by atoms with Crippen LogP contribution in [0.25, 0.3) is 0 Å². The molecule has 0 bridgehead atoms. The molecule has 195 valence electrons. The second-order valence-corrected chi connectivity index (χ2v) is 9.63. The predicted molar refractivity (Wildman–Crippen MR) is 138 cm³/mol. The van der Waals surface area contributed by atoms with E-state index in [0.29, 0.717) is 13.2 Å². The zero-order valence-corrected chi connectivity index (χ0v) is 21.1. The van der Waals surface area contributed by atoms with Gasteiger partial charge in [0.25, 0.3) is 0 Å². The summed E-state index contributed by atoms with van der Waals surface area (Å²) in [4.78, 5) is 27.7. The number of carbonyl (C=O) groups excluding carboxylic acids is 2. The van der Waals surface area contributed by atoms with Crippen LogP contribution < -0.4 is 0 Å². The van der Waals surface area contributed by atoms with Crippen LogP contribution in [0.5, 0.6) is 0 Å². The third-order valence-corrected chi connectivity index (χ3v) is 7.05. The molecular formula is C28H34BN2O6. The Morgan fingerprint density at radius 3 is 1.43 bits per heavy atom. The Bertz CT molecular complexity index is 921. The Morgan fingerprint density at radius 1 is 0.703 bits per heavy atom. The number of benzene rings is 2. The molecule has 0 spiro atoms. The third-order valence-electron chi connectivity index (χ3n) is 7.05. The maximum atomic E-state index is 12.0. The van der Waals surface area contributed by atoms with Crippen molar-refractivity contribution < 1.29 is 28.5 Å². The molecule has 3 radical (unpaired) electrons. The molecule has 4 atom stereocenters. The van der Waals surface area contributed by atoms with Crippen molar-refractivity contribution in [1.29, 1.82) is 0 Å². The van der Waals surface area contributed by atoms with E-state index in [0.717, 1.165) is 63.1 Å². The Labute approximate surface area is 220 Å². The summed E-state index contributed by atoms with van der Waals surface area (Å²) in [7, 11) is 0. The molecule has 0 saturated carbocycles. The molecule has 4 aliphatic heterocycles. The summed E-state index contributed by atoms with van der Waals surface area (Å²) in [6, 6.07) is 20.0. The molecule has 4 aliphatic rings. The van der Waals surface area contributed by atoms with Crippen LogP contribution in [0.15, 0.2) is 60.7 Å². The van der Waals surface area contributed by atoms with Crippen molar-refractivity contribution in [1.82, 2.24) is 9.80 Å². The number of likely N-dealkylation sites (tertiary alicyclic amines) is 2. The van der Waals surface area contributed by atoms with Crippen molar-refractivity contribution in [3.05, 3.63) is 71.8 Å². The van der Waals surface area contributed by atoms with Gasteiger partial charge in [0.05, 0.1) is 25.3 Å². The molecule has 4 fully saturated rings. The Hall–Kier alpha value is -3.04. The van der Waals surface area contributed by atoms with E-state index in [9.17, 15) is 9.59 Å². The first-order valence-corrected chi connectivity index (χ1v) is 12.9. The first kappa shape index (κ1) is 27.0. The van der Waals surface area contributed by atoms with E-state index in [1.807, 2.05) is 70.5 Å². The molecule has 2 aromatic carbocycles. The average Bonchev–Trinajstić information content (AvgIpc) is 3.86. The minimum Gasteiger partial charge on any atom is -0.445 e. The standard InChI is InChI=1S/2C14H17NO3.B/c2*16-14(18-9-11-5-2-1-3-6-11)15-8-4-7-12(15)13-10-17-13;/h2*1-3,5-6,12-13H,4,7-10H2;/t12-,13+;12-,13-;/m11./s1. The molecule has 2 amide bonds. The second kappa shape index (κ2) is 13.0. The summed E-state index contributed by atoms with van der Waals surface area (Å²) in [6.07, 6.45) is 4.23. The van der Waals surface area contributed by atoms with E-state index >= 15 is 0 Å². The van der Waals surface area contributed by atoms with Gasteiger partial charge in [-0.3, -0.25) is 0 Å². The molecule has 0 N–H and O–H groups in total. The molecule has 9 heteroatoms. The van der Waals surface area contributed by atoms with Crippen molar-refractivity contribution in [3.8, 4) is 0 Å². The molecule has 0 aliphatic carbocycles. The number of rotatable bonds is 6. The van der Waals surface area contributed by atoms with Crippen LogP contribution in [0.3, 0.4) is 0 Å². The second-order valence-electron chi connectivity index (χ2n) is 9.63. The SMILES string of the molecule is O=C(OCc1ccccc1)N1CCC[C@@H]1[C@@H]1CO1.O=C(OCc1ccccc1)N1CCC[C@@H]1[C@H]1CO1.[B]. The minimum atomic E-state index is -0.211. The molecule has 6 rings (SSSR count). The molecule has 0 unspecified atom stereocenters. The highest BCUT2D eigenvalue weighted by molar-refractivity contribution is 5.75. The Morgan fingerprint density at radius 2 is 1.08 bits per heavy atom. The first-order valence-electron chi connectivity index (χ1n) is 12.9. The third kappa shape index (κ3) is 7.49. The van der Waals surface area contributed by atoms with E-state index in [1.54, 1.807) is 0 Å². The summed E-state index contributed by atoms with van der Waals surface area (Å²) < 4.78 is 21.3. The lowest BCUT2D eigenvalue weighted by Gasteiger charge is -2.22. The van der Waals surface area contributed by atoms with Gasteiger partial charge in [-0.2, -0.15) is 0 Å². The van der Waals surface area contributed by atoms with Crippen LogP contribution in [0.2, 0.25) is 0 Å². The maximum Gasteiger partial charge on any atom is 0.410 e. The van der Waals surface area contributed by atoms with Gasteiger partial charge in [-0.1, -0.05) is 60.7 Å². The number of epoxide rings is 2. The van der Waals surface area contributed by atoms with Crippen LogP contribution >= 0.6 is 0 Å². The van der Waals surface area contributed by atoms with Crippen molar-refractivity contribution in [3.63, 3.8) is 0 Å². The Kier molecular flexibility index (Phi) is 9.47. The van der Waals surface area contributed by atoms with Gasteiger partial charge < -0.3 is 28.7 Å². The highest BCUT2D eigenvalue weighted by Crippen LogP contribution is 2.30. The van der Waals surface area contributed by atoms with Crippen molar-refractivity contribution in [2.75, 3.05) is 26.3 Å². The number of nitrogens with zero attached hydrogens (tertiary/aromatic N) is 2. The highest BCUT2D eigenvalue weighted by Gasteiger charge is 2.43. The molecule has 4 saturated heterocycles. The average molecular weight is 505 g/mol.